The Labute approximate surface area is 188 Å². The maximum absolute atomic E-state index is 12.5. The van der Waals surface area contributed by atoms with E-state index in [0.29, 0.717) is 5.69 Å². The van der Waals surface area contributed by atoms with Gasteiger partial charge in [-0.2, -0.15) is 8.42 Å². The lowest BCUT2D eigenvalue weighted by atomic mass is 10.1. The number of rotatable bonds is 10. The van der Waals surface area contributed by atoms with Crippen molar-refractivity contribution in [2.45, 2.75) is 4.90 Å². The number of aromatic carboxylic acids is 2. The summed E-state index contributed by atoms with van der Waals surface area (Å²) in [5.74, 6) is -3.59. The van der Waals surface area contributed by atoms with Gasteiger partial charge in [0.15, 0.2) is 9.84 Å². The van der Waals surface area contributed by atoms with Crippen molar-refractivity contribution in [1.82, 2.24) is 0 Å². The van der Waals surface area contributed by atoms with E-state index in [2.05, 4.69) is 14.4 Å². The minimum Gasteiger partial charge on any atom is -0.478 e. The molecule has 0 unspecified atom stereocenters. The summed E-state index contributed by atoms with van der Waals surface area (Å²) in [5.41, 5.74) is -0.731. The molecule has 178 valence electrons. The van der Waals surface area contributed by atoms with Crippen LogP contribution in [-0.4, -0.2) is 70.0 Å². The normalized spacial score (nSPS) is 12.1. The molecule has 15 heteroatoms. The molecule has 0 amide bonds. The van der Waals surface area contributed by atoms with Crippen LogP contribution in [0.1, 0.15) is 20.7 Å². The number of carbonyl (C=O) groups is 2. The summed E-state index contributed by atoms with van der Waals surface area (Å²) in [6.45, 7) is -0.878. The summed E-state index contributed by atoms with van der Waals surface area (Å²) >= 11 is 0. The molecule has 0 aromatic heterocycles. The molecule has 0 atom stereocenters. The molecule has 0 heterocycles. The maximum atomic E-state index is 12.5. The van der Waals surface area contributed by atoms with Crippen molar-refractivity contribution in [3.63, 3.8) is 0 Å². The number of carboxylic acid groups (broad SMARTS) is 2. The van der Waals surface area contributed by atoms with Crippen molar-refractivity contribution in [3.05, 3.63) is 47.5 Å². The zero-order chi connectivity index (χ0) is 25.0. The highest BCUT2D eigenvalue weighted by molar-refractivity contribution is 7.91. The molecule has 2 rings (SSSR count). The molecular weight excluding hydrogens is 482 g/mol. The molecule has 2 aromatic rings. The Morgan fingerprint density at radius 2 is 1.61 bits per heavy atom. The van der Waals surface area contributed by atoms with Crippen LogP contribution >= 0.6 is 0 Å². The number of nitrogens with zero attached hydrogens (tertiary/aromatic N) is 3. The summed E-state index contributed by atoms with van der Waals surface area (Å²) in [5, 5.41) is 26.5. The Balaban J connectivity index is 2.54. The second kappa shape index (κ2) is 10.0. The van der Waals surface area contributed by atoms with Gasteiger partial charge in [0.25, 0.3) is 0 Å². The van der Waals surface area contributed by atoms with Crippen LogP contribution in [0.5, 0.6) is 0 Å². The molecule has 0 bridgehead atoms. The molecule has 0 saturated heterocycles. The molecule has 0 aliphatic carbocycles. The first kappa shape index (κ1) is 25.9. The van der Waals surface area contributed by atoms with Gasteiger partial charge < -0.3 is 15.1 Å². The van der Waals surface area contributed by atoms with Crippen LogP contribution in [-0.2, 0) is 24.4 Å². The highest BCUT2D eigenvalue weighted by Crippen LogP contribution is 2.34. The van der Waals surface area contributed by atoms with E-state index >= 15 is 0 Å². The molecule has 0 aliphatic heterocycles. The van der Waals surface area contributed by atoms with Crippen molar-refractivity contribution in [3.8, 4) is 0 Å². The molecule has 0 radical (unpaired) electrons. The van der Waals surface area contributed by atoms with Crippen molar-refractivity contribution in [1.29, 1.82) is 0 Å². The van der Waals surface area contributed by atoms with Gasteiger partial charge in [-0.1, -0.05) is 6.07 Å². The first-order valence-electron chi connectivity index (χ1n) is 8.90. The average molecular weight is 501 g/mol. The molecule has 0 aliphatic rings. The highest BCUT2D eigenvalue weighted by atomic mass is 32.3. The fourth-order valence-corrected chi connectivity index (χ4v) is 4.11. The molecule has 2 aromatic carbocycles. The van der Waals surface area contributed by atoms with Gasteiger partial charge in [-0.05, 0) is 30.3 Å². The molecule has 33 heavy (non-hydrogen) atoms. The third kappa shape index (κ3) is 6.79. The minimum atomic E-state index is -4.84. The third-order valence-electron chi connectivity index (χ3n) is 4.13. The maximum Gasteiger partial charge on any atom is 0.397 e. The number of benzene rings is 2. The smallest absolute Gasteiger partial charge is 0.397 e. The topological polar surface area (TPSA) is 200 Å². The van der Waals surface area contributed by atoms with Crippen LogP contribution in [0.4, 0.5) is 17.1 Å². The van der Waals surface area contributed by atoms with E-state index in [-0.39, 0.29) is 16.9 Å². The van der Waals surface area contributed by atoms with Gasteiger partial charge >= 0.3 is 22.3 Å². The Bertz CT molecular complexity index is 1320. The summed E-state index contributed by atoms with van der Waals surface area (Å²) < 4.78 is 58.7. The number of hydrogen-bond acceptors (Lipinski definition) is 10. The van der Waals surface area contributed by atoms with Gasteiger partial charge in [-0.15, -0.1) is 10.2 Å². The lowest BCUT2D eigenvalue weighted by Gasteiger charge is -2.15. The molecule has 0 spiro atoms. The standard InChI is InChI=1S/C18H19N3O10S2/c1-21(2)15-5-3-4-13(18(24)25)16(15)20-19-14-10-11(6-7-12(14)17(22)23)32(26,27)9-8-31-33(28,29)30/h3-7,10H,8-9H2,1-2H3,(H,22,23)(H,24,25)(H,28,29,30)/b20-19+. The van der Waals surface area contributed by atoms with Crippen LogP contribution in [0, 0.1) is 0 Å². The van der Waals surface area contributed by atoms with Gasteiger partial charge in [-0.3, -0.25) is 4.55 Å². The van der Waals surface area contributed by atoms with E-state index in [1.54, 1.807) is 25.1 Å². The van der Waals surface area contributed by atoms with Crippen molar-refractivity contribution in [2.75, 3.05) is 31.4 Å². The van der Waals surface area contributed by atoms with Crippen molar-refractivity contribution in [2.24, 2.45) is 10.2 Å². The Morgan fingerprint density at radius 3 is 2.15 bits per heavy atom. The van der Waals surface area contributed by atoms with Gasteiger partial charge in [0, 0.05) is 14.1 Å². The third-order valence-corrected chi connectivity index (χ3v) is 6.27. The van der Waals surface area contributed by atoms with Gasteiger partial charge in [0.05, 0.1) is 34.1 Å². The number of hydrogen-bond donors (Lipinski definition) is 3. The summed E-state index contributed by atoms with van der Waals surface area (Å²) in [6, 6.07) is 7.16. The van der Waals surface area contributed by atoms with Crippen LogP contribution < -0.4 is 4.90 Å². The lowest BCUT2D eigenvalue weighted by molar-refractivity contribution is 0.0686. The Kier molecular flexibility index (Phi) is 7.86. The van der Waals surface area contributed by atoms with Crippen LogP contribution in [0.2, 0.25) is 0 Å². The summed E-state index contributed by atoms with van der Waals surface area (Å²) in [6.07, 6.45) is 0. The molecule has 0 fully saturated rings. The van der Waals surface area contributed by atoms with E-state index in [0.717, 1.165) is 18.2 Å². The fourth-order valence-electron chi connectivity index (χ4n) is 2.61. The van der Waals surface area contributed by atoms with Crippen molar-refractivity contribution >= 4 is 49.2 Å². The first-order chi connectivity index (χ1) is 15.2. The van der Waals surface area contributed by atoms with Gasteiger partial charge in [-0.25, -0.2) is 22.2 Å². The zero-order valence-corrected chi connectivity index (χ0v) is 18.9. The Morgan fingerprint density at radius 1 is 0.970 bits per heavy atom. The predicted octanol–water partition coefficient (Wildman–Crippen LogP) is 2.16. The SMILES string of the molecule is CN(C)c1cccc(C(=O)O)c1/N=N/c1cc(S(=O)(=O)CCOS(=O)(=O)O)ccc1C(=O)O. The minimum absolute atomic E-state index is 0.0823. The highest BCUT2D eigenvalue weighted by Gasteiger charge is 2.21. The van der Waals surface area contributed by atoms with E-state index in [9.17, 15) is 36.6 Å². The van der Waals surface area contributed by atoms with E-state index < -0.39 is 55.0 Å². The lowest BCUT2D eigenvalue weighted by Crippen LogP contribution is -2.15. The van der Waals surface area contributed by atoms with Gasteiger partial charge in [0.1, 0.15) is 11.4 Å². The van der Waals surface area contributed by atoms with Gasteiger partial charge in [0.2, 0.25) is 0 Å². The second-order valence-electron chi connectivity index (χ2n) is 6.63. The van der Waals surface area contributed by atoms with E-state index in [1.807, 2.05) is 0 Å². The predicted molar refractivity (Wildman–Crippen MR) is 115 cm³/mol. The monoisotopic (exact) mass is 501 g/mol. The van der Waals surface area contributed by atoms with E-state index in [1.165, 1.54) is 12.1 Å². The molecule has 3 N–H and O–H groups in total. The Hall–Kier alpha value is -3.40. The summed E-state index contributed by atoms with van der Waals surface area (Å²) in [7, 11) is -5.76. The average Bonchev–Trinajstić information content (AvgIpc) is 2.70. The number of sulfone groups is 1. The number of carboxylic acids is 2. The zero-order valence-electron chi connectivity index (χ0n) is 17.2. The fraction of sp³-hybridized carbons (Fsp3) is 0.222. The van der Waals surface area contributed by atoms with Crippen LogP contribution in [0.15, 0.2) is 51.5 Å². The number of anilines is 1. The first-order valence-corrected chi connectivity index (χ1v) is 11.9. The number of azo groups is 1. The molecule has 13 nitrogen and oxygen atoms in total. The van der Waals surface area contributed by atoms with E-state index in [4.69, 9.17) is 4.55 Å². The van der Waals surface area contributed by atoms with Crippen molar-refractivity contribution < 1.29 is 45.4 Å². The van der Waals surface area contributed by atoms with Crippen LogP contribution in [0.25, 0.3) is 0 Å². The molecule has 0 saturated carbocycles. The quantitative estimate of drug-likeness (QED) is 0.318. The largest absolute Gasteiger partial charge is 0.478 e. The molecular formula is C18H19N3O10S2. The summed E-state index contributed by atoms with van der Waals surface area (Å²) in [4.78, 5) is 24.3. The van der Waals surface area contributed by atoms with Crippen LogP contribution in [0.3, 0.4) is 0 Å². The second-order valence-corrected chi connectivity index (χ2v) is 9.83.